The monoisotopic (exact) mass is 331 g/mol. The van der Waals surface area contributed by atoms with Crippen LogP contribution < -0.4 is 0 Å². The molecule has 0 aliphatic heterocycles. The predicted octanol–water partition coefficient (Wildman–Crippen LogP) is 5.04. The third kappa shape index (κ3) is 3.72. The van der Waals surface area contributed by atoms with E-state index in [-0.39, 0.29) is 11.1 Å². The van der Waals surface area contributed by atoms with Crippen molar-refractivity contribution in [3.8, 4) is 11.1 Å². The summed E-state index contributed by atoms with van der Waals surface area (Å²) >= 11 is 0. The lowest BCUT2D eigenvalue weighted by Crippen LogP contribution is -2.15. The Morgan fingerprint density at radius 2 is 1.30 bits per heavy atom. The molecule has 0 aliphatic carbocycles. The molecule has 0 aliphatic rings. The lowest BCUT2D eigenvalue weighted by molar-refractivity contribution is -0.142. The molecule has 0 aromatic heterocycles. The predicted molar refractivity (Wildman–Crippen MR) is 71.3 cm³/mol. The normalized spacial score (nSPS) is 12.3. The summed E-state index contributed by atoms with van der Waals surface area (Å²) in [6.07, 6.45) is -9.33. The van der Waals surface area contributed by atoms with E-state index >= 15 is 0 Å². The number of carbonyl (C=O) groups excluding carboxylic acids is 1. The zero-order valence-corrected chi connectivity index (χ0v) is 11.4. The van der Waals surface area contributed by atoms with E-state index in [0.717, 1.165) is 0 Å². The van der Waals surface area contributed by atoms with Crippen LogP contribution in [0.25, 0.3) is 11.1 Å². The molecule has 0 amide bonds. The fourth-order valence-electron chi connectivity index (χ4n) is 2.25. The SMILES string of the molecule is O=[C]Cc1cc(C(F)(F)F)c(-c2ccccc2)c(C(F)(F)F)c1. The van der Waals surface area contributed by atoms with E-state index in [1.165, 1.54) is 36.6 Å². The van der Waals surface area contributed by atoms with Crippen molar-refractivity contribution in [1.82, 2.24) is 0 Å². The smallest absolute Gasteiger partial charge is 0.291 e. The Balaban J connectivity index is 2.87. The van der Waals surface area contributed by atoms with Crippen LogP contribution >= 0.6 is 0 Å². The van der Waals surface area contributed by atoms with Gasteiger partial charge in [0.05, 0.1) is 11.1 Å². The first-order valence-corrected chi connectivity index (χ1v) is 6.36. The highest BCUT2D eigenvalue weighted by Gasteiger charge is 2.41. The molecule has 0 saturated heterocycles. The average molecular weight is 331 g/mol. The summed E-state index contributed by atoms with van der Waals surface area (Å²) in [4.78, 5) is 10.4. The Kier molecular flexibility index (Phi) is 4.49. The maximum Gasteiger partial charge on any atom is 0.417 e. The van der Waals surface area contributed by atoms with Crippen molar-refractivity contribution in [2.75, 3.05) is 0 Å². The fourth-order valence-corrected chi connectivity index (χ4v) is 2.25. The fraction of sp³-hybridized carbons (Fsp3) is 0.188. The largest absolute Gasteiger partial charge is 0.417 e. The van der Waals surface area contributed by atoms with Gasteiger partial charge in [0, 0.05) is 12.0 Å². The second-order valence-electron chi connectivity index (χ2n) is 4.75. The Bertz CT molecular complexity index is 666. The van der Waals surface area contributed by atoms with Crippen molar-refractivity contribution in [2.24, 2.45) is 0 Å². The van der Waals surface area contributed by atoms with E-state index in [1.54, 1.807) is 0 Å². The maximum absolute atomic E-state index is 13.3. The molecule has 0 bridgehead atoms. The average Bonchev–Trinajstić information content (AvgIpc) is 2.46. The molecule has 0 atom stereocenters. The summed E-state index contributed by atoms with van der Waals surface area (Å²) < 4.78 is 79.5. The van der Waals surface area contributed by atoms with E-state index in [0.29, 0.717) is 12.1 Å². The van der Waals surface area contributed by atoms with Crippen molar-refractivity contribution in [2.45, 2.75) is 18.8 Å². The van der Waals surface area contributed by atoms with E-state index in [2.05, 4.69) is 0 Å². The molecule has 0 heterocycles. The molecule has 1 radical (unpaired) electrons. The number of hydrogen-bond acceptors (Lipinski definition) is 1. The molecule has 7 heteroatoms. The van der Waals surface area contributed by atoms with Crippen molar-refractivity contribution in [1.29, 1.82) is 0 Å². The molecule has 0 fully saturated rings. The Morgan fingerprint density at radius 3 is 1.70 bits per heavy atom. The maximum atomic E-state index is 13.3. The number of halogens is 6. The molecule has 0 saturated carbocycles. The van der Waals surface area contributed by atoms with Crippen molar-refractivity contribution >= 4 is 6.29 Å². The highest BCUT2D eigenvalue weighted by Crippen LogP contribution is 2.45. The van der Waals surface area contributed by atoms with Crippen molar-refractivity contribution in [3.63, 3.8) is 0 Å². The highest BCUT2D eigenvalue weighted by atomic mass is 19.4. The summed E-state index contributed by atoms with van der Waals surface area (Å²) in [5.74, 6) is 0. The molecular formula is C16H9F6O. The van der Waals surface area contributed by atoms with E-state index in [4.69, 9.17) is 0 Å². The minimum atomic E-state index is -5.00. The lowest BCUT2D eigenvalue weighted by atomic mass is 9.90. The van der Waals surface area contributed by atoms with Crippen LogP contribution in [-0.2, 0) is 23.6 Å². The number of rotatable bonds is 3. The van der Waals surface area contributed by atoms with Gasteiger partial charge in [0.1, 0.15) is 0 Å². The first-order valence-electron chi connectivity index (χ1n) is 6.36. The van der Waals surface area contributed by atoms with Gasteiger partial charge in [-0.1, -0.05) is 30.3 Å². The summed E-state index contributed by atoms with van der Waals surface area (Å²) in [6, 6.07) is 7.65. The van der Waals surface area contributed by atoms with Gasteiger partial charge in [0.2, 0.25) is 6.29 Å². The molecule has 23 heavy (non-hydrogen) atoms. The topological polar surface area (TPSA) is 17.1 Å². The van der Waals surface area contributed by atoms with Crippen LogP contribution in [-0.4, -0.2) is 6.29 Å². The molecule has 0 N–H and O–H groups in total. The third-order valence-corrected chi connectivity index (χ3v) is 3.15. The Hall–Kier alpha value is -2.31. The van der Waals surface area contributed by atoms with Gasteiger partial charge in [0.15, 0.2) is 0 Å². The summed E-state index contributed by atoms with van der Waals surface area (Å²) in [5, 5.41) is 0. The van der Waals surface area contributed by atoms with Gasteiger partial charge >= 0.3 is 12.4 Å². The molecule has 1 nitrogen and oxygen atoms in total. The van der Waals surface area contributed by atoms with Crippen molar-refractivity contribution < 1.29 is 31.1 Å². The third-order valence-electron chi connectivity index (χ3n) is 3.15. The molecule has 0 unspecified atom stereocenters. The first kappa shape index (κ1) is 17.1. The van der Waals surface area contributed by atoms with E-state index in [9.17, 15) is 31.1 Å². The van der Waals surface area contributed by atoms with Crippen molar-refractivity contribution in [3.05, 3.63) is 59.2 Å². The zero-order valence-electron chi connectivity index (χ0n) is 11.4. The van der Waals surface area contributed by atoms with E-state index < -0.39 is 35.5 Å². The first-order chi connectivity index (χ1) is 10.6. The minimum absolute atomic E-state index is 0.200. The van der Waals surface area contributed by atoms with Gasteiger partial charge < -0.3 is 0 Å². The van der Waals surface area contributed by atoms with E-state index in [1.807, 2.05) is 0 Å². The second kappa shape index (κ2) is 6.06. The molecular weight excluding hydrogens is 322 g/mol. The minimum Gasteiger partial charge on any atom is -0.291 e. The van der Waals surface area contributed by atoms with Crippen LogP contribution in [0.5, 0.6) is 0 Å². The zero-order chi connectivity index (χ0) is 17.3. The highest BCUT2D eigenvalue weighted by molar-refractivity contribution is 5.74. The Morgan fingerprint density at radius 1 is 0.826 bits per heavy atom. The molecule has 121 valence electrons. The second-order valence-corrected chi connectivity index (χ2v) is 4.75. The van der Waals surface area contributed by atoms with Crippen LogP contribution in [0.15, 0.2) is 42.5 Å². The Labute approximate surface area is 127 Å². The van der Waals surface area contributed by atoms with Crippen LogP contribution in [0.4, 0.5) is 26.3 Å². The van der Waals surface area contributed by atoms with Gasteiger partial charge in [-0.05, 0) is 23.3 Å². The quantitative estimate of drug-likeness (QED) is 0.720. The van der Waals surface area contributed by atoms with Crippen LogP contribution in [0, 0.1) is 0 Å². The van der Waals surface area contributed by atoms with Crippen LogP contribution in [0.1, 0.15) is 16.7 Å². The van der Waals surface area contributed by atoms with Crippen LogP contribution in [0.3, 0.4) is 0 Å². The molecule has 2 aromatic carbocycles. The van der Waals surface area contributed by atoms with Crippen LogP contribution in [0.2, 0.25) is 0 Å². The van der Waals surface area contributed by atoms with Gasteiger partial charge in [0.25, 0.3) is 0 Å². The van der Waals surface area contributed by atoms with Gasteiger partial charge in [-0.15, -0.1) is 0 Å². The molecule has 0 spiro atoms. The standard InChI is InChI=1S/C16H9F6O/c17-15(18,19)12-8-10(6-7-23)9-13(16(20,21)22)14(12)11-4-2-1-3-5-11/h1-5,8-9H,6H2. The summed E-state index contributed by atoms with van der Waals surface area (Å²) in [6.45, 7) is 0. The summed E-state index contributed by atoms with van der Waals surface area (Å²) in [5.41, 5.74) is -4.39. The van der Waals surface area contributed by atoms with Gasteiger partial charge in [-0.25, -0.2) is 0 Å². The number of alkyl halides is 6. The molecule has 2 aromatic rings. The number of benzene rings is 2. The lowest BCUT2D eigenvalue weighted by Gasteiger charge is -2.20. The number of hydrogen-bond donors (Lipinski definition) is 0. The summed E-state index contributed by atoms with van der Waals surface area (Å²) in [7, 11) is 0. The van der Waals surface area contributed by atoms with Gasteiger partial charge in [-0.2, -0.15) is 26.3 Å². The van der Waals surface area contributed by atoms with Gasteiger partial charge in [-0.3, -0.25) is 4.79 Å². The molecule has 2 rings (SSSR count).